The second-order valence-corrected chi connectivity index (χ2v) is 1.49. The van der Waals surface area contributed by atoms with Crippen LogP contribution < -0.4 is 0 Å². The normalized spacial score (nSPS) is 19.0. The van der Waals surface area contributed by atoms with Gasteiger partial charge in [0.05, 0.1) is 0 Å². The van der Waals surface area contributed by atoms with E-state index >= 15 is 0 Å². The fourth-order valence-corrected chi connectivity index (χ4v) is 0.525. The van der Waals surface area contributed by atoms with Gasteiger partial charge in [0, 0.05) is 12.4 Å². The third-order valence-electron chi connectivity index (χ3n) is 0.948. The molecular weight excluding hydrogens is 88.1 g/mol. The highest BCUT2D eigenvalue weighted by molar-refractivity contribution is 6.17. The number of nitrogens with zero attached hydrogens (tertiary/aromatic N) is 2. The molecule has 38 valence electrons. The zero-order chi connectivity index (χ0) is 5.11. The highest BCUT2D eigenvalue weighted by Crippen LogP contribution is 1.99. The van der Waals surface area contributed by atoms with Gasteiger partial charge in [-0.1, -0.05) is 6.92 Å². The maximum absolute atomic E-state index is 4.01. The Balaban J connectivity index is 2.44. The first-order valence-corrected chi connectivity index (χ1v) is 2.48. The minimum Gasteiger partial charge on any atom is -0.265 e. The molecule has 1 aliphatic rings. The molecule has 2 heteroatoms. The van der Waals surface area contributed by atoms with Crippen LogP contribution in [0.15, 0.2) is 9.98 Å². The Morgan fingerprint density at radius 2 is 2.00 bits per heavy atom. The lowest BCUT2D eigenvalue weighted by Crippen LogP contribution is -1.90. The van der Waals surface area contributed by atoms with Crippen molar-refractivity contribution < 1.29 is 0 Å². The summed E-state index contributed by atoms with van der Waals surface area (Å²) in [4.78, 5) is 8.01. The molecule has 0 aromatic carbocycles. The van der Waals surface area contributed by atoms with Gasteiger partial charge in [0.2, 0.25) is 0 Å². The monoisotopic (exact) mass is 96.1 g/mol. The molecule has 0 aromatic heterocycles. The van der Waals surface area contributed by atoms with E-state index in [1.807, 2.05) is 0 Å². The fraction of sp³-hybridized carbons (Fsp3) is 0.600. The molecule has 2 nitrogen and oxygen atoms in total. The average molecular weight is 96.1 g/mol. The van der Waals surface area contributed by atoms with E-state index in [1.165, 1.54) is 0 Å². The number of hydrogen-bond donors (Lipinski definition) is 0. The SMILES string of the molecule is CCC1N=CC=N1. The van der Waals surface area contributed by atoms with E-state index in [9.17, 15) is 0 Å². The molecule has 1 aliphatic heterocycles. The van der Waals surface area contributed by atoms with Crippen LogP contribution in [-0.4, -0.2) is 18.6 Å². The Kier molecular flexibility index (Phi) is 1.20. The summed E-state index contributed by atoms with van der Waals surface area (Å²) in [6.07, 6.45) is 4.75. The molecule has 0 radical (unpaired) electrons. The number of hydrogen-bond acceptors (Lipinski definition) is 2. The van der Waals surface area contributed by atoms with E-state index in [4.69, 9.17) is 0 Å². The van der Waals surface area contributed by atoms with E-state index in [2.05, 4.69) is 16.9 Å². The molecule has 7 heavy (non-hydrogen) atoms. The first kappa shape index (κ1) is 4.50. The zero-order valence-corrected chi connectivity index (χ0v) is 4.33. The Bertz CT molecular complexity index is 92.6. The Morgan fingerprint density at radius 3 is 2.29 bits per heavy atom. The summed E-state index contributed by atoms with van der Waals surface area (Å²) in [5, 5.41) is 0. The van der Waals surface area contributed by atoms with E-state index in [0.29, 0.717) is 0 Å². The van der Waals surface area contributed by atoms with Crippen molar-refractivity contribution in [2.75, 3.05) is 0 Å². The third kappa shape index (κ3) is 0.856. The fourth-order valence-electron chi connectivity index (χ4n) is 0.525. The van der Waals surface area contributed by atoms with Crippen LogP contribution >= 0.6 is 0 Å². The molecule has 0 unspecified atom stereocenters. The van der Waals surface area contributed by atoms with Gasteiger partial charge in [-0.3, -0.25) is 9.98 Å². The Morgan fingerprint density at radius 1 is 1.43 bits per heavy atom. The van der Waals surface area contributed by atoms with Gasteiger partial charge in [-0.05, 0) is 6.42 Å². The van der Waals surface area contributed by atoms with Gasteiger partial charge in [-0.2, -0.15) is 0 Å². The van der Waals surface area contributed by atoms with Crippen molar-refractivity contribution in [2.45, 2.75) is 19.5 Å². The van der Waals surface area contributed by atoms with Crippen LogP contribution in [0.2, 0.25) is 0 Å². The lowest BCUT2D eigenvalue weighted by atomic mass is 10.4. The average Bonchev–Trinajstić information content (AvgIpc) is 2.14. The van der Waals surface area contributed by atoms with Crippen LogP contribution in [0.3, 0.4) is 0 Å². The van der Waals surface area contributed by atoms with Gasteiger partial charge in [-0.25, -0.2) is 0 Å². The Labute approximate surface area is 43.0 Å². The second kappa shape index (κ2) is 1.87. The van der Waals surface area contributed by atoms with Crippen molar-refractivity contribution in [2.24, 2.45) is 9.98 Å². The zero-order valence-electron chi connectivity index (χ0n) is 4.33. The van der Waals surface area contributed by atoms with Gasteiger partial charge >= 0.3 is 0 Å². The van der Waals surface area contributed by atoms with Gasteiger partial charge < -0.3 is 0 Å². The van der Waals surface area contributed by atoms with Crippen molar-refractivity contribution in [3.8, 4) is 0 Å². The van der Waals surface area contributed by atoms with Crippen molar-refractivity contribution in [1.82, 2.24) is 0 Å². The van der Waals surface area contributed by atoms with Gasteiger partial charge in [0.1, 0.15) is 6.17 Å². The summed E-state index contributed by atoms with van der Waals surface area (Å²) < 4.78 is 0. The Hall–Kier alpha value is -0.660. The summed E-state index contributed by atoms with van der Waals surface area (Å²) in [7, 11) is 0. The van der Waals surface area contributed by atoms with Crippen molar-refractivity contribution in [1.29, 1.82) is 0 Å². The molecule has 0 N–H and O–H groups in total. The summed E-state index contributed by atoms with van der Waals surface area (Å²) >= 11 is 0. The van der Waals surface area contributed by atoms with E-state index < -0.39 is 0 Å². The van der Waals surface area contributed by atoms with Crippen LogP contribution in [0.4, 0.5) is 0 Å². The largest absolute Gasteiger partial charge is 0.265 e. The quantitative estimate of drug-likeness (QED) is 0.463. The molecule has 1 rings (SSSR count). The second-order valence-electron chi connectivity index (χ2n) is 1.49. The van der Waals surface area contributed by atoms with E-state index in [1.54, 1.807) is 12.4 Å². The smallest absolute Gasteiger partial charge is 0.139 e. The minimum absolute atomic E-state index is 0.236. The highest BCUT2D eigenvalue weighted by atomic mass is 15.0. The standard InChI is InChI=1S/C5H8N2/c1-2-5-6-3-4-7-5/h3-5H,2H2,1H3. The van der Waals surface area contributed by atoms with Crippen molar-refractivity contribution in [3.05, 3.63) is 0 Å². The molecule has 0 saturated carbocycles. The maximum Gasteiger partial charge on any atom is 0.139 e. The molecule has 0 amide bonds. The summed E-state index contributed by atoms with van der Waals surface area (Å²) in [5.41, 5.74) is 0. The first-order valence-electron chi connectivity index (χ1n) is 2.48. The predicted molar refractivity (Wildman–Crippen MR) is 31.1 cm³/mol. The van der Waals surface area contributed by atoms with Crippen molar-refractivity contribution in [3.63, 3.8) is 0 Å². The first-order chi connectivity index (χ1) is 3.43. The summed E-state index contributed by atoms with van der Waals surface area (Å²) in [6, 6.07) is 0. The molecule has 0 spiro atoms. The maximum atomic E-state index is 4.01. The lowest BCUT2D eigenvalue weighted by molar-refractivity contribution is 0.703. The van der Waals surface area contributed by atoms with Crippen LogP contribution in [-0.2, 0) is 0 Å². The third-order valence-corrected chi connectivity index (χ3v) is 0.948. The van der Waals surface area contributed by atoms with Crippen molar-refractivity contribution >= 4 is 12.4 Å². The lowest BCUT2D eigenvalue weighted by Gasteiger charge is -1.93. The topological polar surface area (TPSA) is 24.7 Å². The molecule has 0 saturated heterocycles. The highest BCUT2D eigenvalue weighted by Gasteiger charge is 1.98. The predicted octanol–water partition coefficient (Wildman–Crippen LogP) is 0.878. The van der Waals surface area contributed by atoms with Gasteiger partial charge in [0.15, 0.2) is 0 Å². The van der Waals surface area contributed by atoms with Crippen LogP contribution in [0.1, 0.15) is 13.3 Å². The van der Waals surface area contributed by atoms with Crippen LogP contribution in [0, 0.1) is 0 Å². The molecule has 0 bridgehead atoms. The molecule has 0 atom stereocenters. The number of rotatable bonds is 1. The molecule has 0 fully saturated rings. The molecule has 0 aliphatic carbocycles. The minimum atomic E-state index is 0.236. The van der Waals surface area contributed by atoms with Crippen LogP contribution in [0.25, 0.3) is 0 Å². The van der Waals surface area contributed by atoms with Gasteiger partial charge in [-0.15, -0.1) is 0 Å². The van der Waals surface area contributed by atoms with E-state index in [0.717, 1.165) is 6.42 Å². The summed E-state index contributed by atoms with van der Waals surface area (Å²) in [6.45, 7) is 2.07. The molecule has 1 heterocycles. The molecular formula is C5H8N2. The number of aliphatic imine (C=N–C) groups is 2. The van der Waals surface area contributed by atoms with Gasteiger partial charge in [0.25, 0.3) is 0 Å². The van der Waals surface area contributed by atoms with E-state index in [-0.39, 0.29) is 6.17 Å². The summed E-state index contributed by atoms with van der Waals surface area (Å²) in [5.74, 6) is 0. The van der Waals surface area contributed by atoms with Crippen LogP contribution in [0.5, 0.6) is 0 Å². The molecule has 0 aromatic rings.